The van der Waals surface area contributed by atoms with Crippen LogP contribution in [0.1, 0.15) is 77.9 Å². The Morgan fingerprint density at radius 2 is 0.541 bits per heavy atom. The molecule has 0 heterocycles. The van der Waals surface area contributed by atoms with Crippen LogP contribution in [0.5, 0.6) is 0 Å². The molecule has 8 aromatic rings. The van der Waals surface area contributed by atoms with Gasteiger partial charge in [-0.15, -0.1) is 0 Å². The second kappa shape index (κ2) is 27.2. The van der Waals surface area contributed by atoms with Gasteiger partial charge >= 0.3 is 23.9 Å². The molecule has 85 heavy (non-hydrogen) atoms. The van der Waals surface area contributed by atoms with Crippen LogP contribution < -0.4 is 4.90 Å². The summed E-state index contributed by atoms with van der Waals surface area (Å²) in [6.45, 7) is 4.14. The van der Waals surface area contributed by atoms with Gasteiger partial charge in [0.15, 0.2) is 0 Å². The van der Waals surface area contributed by atoms with E-state index in [0.717, 1.165) is 72.7 Å². The SMILES string of the molecule is Cc1cc(C)cc(/C=C/c2ccc(N(c3ccc(C=C(c4ccc(/C=C(\C#N)C(=O)O)cc4)c4ccc(/C=C(\C#N)C(=O)O)cc4)cc3)c3ccc(C=C(c4ccc(/C=C(\C#N)C(=O)O)cc4)c4ccc(/C=C(\C#N)C(=O)O)cc4)cc3)cc2)c1. The van der Waals surface area contributed by atoms with Crippen molar-refractivity contribution in [1.29, 1.82) is 21.0 Å². The van der Waals surface area contributed by atoms with Crippen LogP contribution >= 0.6 is 0 Å². The van der Waals surface area contributed by atoms with Gasteiger partial charge in [0.2, 0.25) is 0 Å². The highest BCUT2D eigenvalue weighted by molar-refractivity contribution is 6.00. The van der Waals surface area contributed by atoms with Crippen LogP contribution in [-0.2, 0) is 19.2 Å². The van der Waals surface area contributed by atoms with E-state index < -0.39 is 46.2 Å². The molecule has 0 bridgehead atoms. The van der Waals surface area contributed by atoms with Crippen LogP contribution in [-0.4, -0.2) is 44.3 Å². The normalized spacial score (nSPS) is 11.5. The molecule has 0 atom stereocenters. The number of anilines is 3. The standard InChI is InChI=1S/C72H49N5O8/c1-46-33-47(2)35-55(34-46)4-3-48-13-27-64(28-14-48)77(65-29-15-53(16-30-65)40-67(56-19-5-49(6-20-56)36-60(42-73)69(78)79)57-21-7-50(8-22-57)37-61(43-74)70(80)81)66-31-17-54(18-32-66)41-68(58-23-9-51(10-24-58)38-62(44-75)71(82)83)59-25-11-52(12-26-59)39-63(45-76)72(84)85/h3-41H,1-2H3,(H,78,79)(H,80,81)(H,82,83)(H,84,85)/b4-3+,60-36+,61-37+,62-38+,63-39+. The van der Waals surface area contributed by atoms with Crippen molar-refractivity contribution < 1.29 is 39.6 Å². The van der Waals surface area contributed by atoms with Crippen LogP contribution in [0.25, 0.3) is 59.8 Å². The predicted molar refractivity (Wildman–Crippen MR) is 331 cm³/mol. The molecule has 13 heteroatoms. The smallest absolute Gasteiger partial charge is 0.346 e. The second-order valence-corrected chi connectivity index (χ2v) is 19.4. The highest BCUT2D eigenvalue weighted by atomic mass is 16.4. The van der Waals surface area contributed by atoms with Gasteiger partial charge in [0.25, 0.3) is 0 Å². The second-order valence-electron chi connectivity index (χ2n) is 19.4. The molecule has 0 aliphatic carbocycles. The molecule has 0 spiro atoms. The Kier molecular flexibility index (Phi) is 18.8. The quantitative estimate of drug-likeness (QED) is 0.0335. The molecule has 0 radical (unpaired) electrons. The lowest BCUT2D eigenvalue weighted by atomic mass is 9.93. The molecule has 0 saturated carbocycles. The van der Waals surface area contributed by atoms with Crippen LogP contribution in [0.3, 0.4) is 0 Å². The highest BCUT2D eigenvalue weighted by Gasteiger charge is 2.16. The van der Waals surface area contributed by atoms with Crippen molar-refractivity contribution >= 4 is 101 Å². The van der Waals surface area contributed by atoms with Crippen LogP contribution in [0.15, 0.2) is 210 Å². The van der Waals surface area contributed by atoms with Crippen molar-refractivity contribution in [2.75, 3.05) is 4.90 Å². The fourth-order valence-electron chi connectivity index (χ4n) is 9.19. The van der Waals surface area contributed by atoms with Gasteiger partial charge in [0, 0.05) is 17.1 Å². The summed E-state index contributed by atoms with van der Waals surface area (Å²) in [6.07, 6.45) is 13.3. The number of rotatable bonds is 19. The summed E-state index contributed by atoms with van der Waals surface area (Å²) in [5.74, 6) is -5.38. The van der Waals surface area contributed by atoms with E-state index in [1.54, 1.807) is 72.8 Å². The number of carboxylic acid groups (broad SMARTS) is 4. The van der Waals surface area contributed by atoms with Gasteiger partial charge in [-0.05, 0) is 165 Å². The van der Waals surface area contributed by atoms with E-state index >= 15 is 0 Å². The topological polar surface area (TPSA) is 248 Å². The Bertz CT molecular complexity index is 3870. The van der Waals surface area contributed by atoms with Crippen LogP contribution in [0.4, 0.5) is 17.1 Å². The van der Waals surface area contributed by atoms with Crippen molar-refractivity contribution in [1.82, 2.24) is 0 Å². The molecular weight excluding hydrogens is 1060 g/mol. The summed E-state index contributed by atoms with van der Waals surface area (Å²) in [5, 5.41) is 75.4. The van der Waals surface area contributed by atoms with E-state index in [2.05, 4.69) is 61.2 Å². The molecule has 410 valence electrons. The summed E-state index contributed by atoms with van der Waals surface area (Å²) in [7, 11) is 0. The first-order valence-corrected chi connectivity index (χ1v) is 26.1. The van der Waals surface area contributed by atoms with E-state index in [9.17, 15) is 60.7 Å². The predicted octanol–water partition coefficient (Wildman–Crippen LogP) is 15.1. The van der Waals surface area contributed by atoms with Gasteiger partial charge < -0.3 is 25.3 Å². The number of nitriles is 4. The van der Waals surface area contributed by atoms with Gasteiger partial charge in [-0.25, -0.2) is 19.2 Å². The third-order valence-corrected chi connectivity index (χ3v) is 13.3. The molecule has 0 saturated heterocycles. The first-order chi connectivity index (χ1) is 41.0. The van der Waals surface area contributed by atoms with Crippen molar-refractivity contribution in [3.05, 3.63) is 288 Å². The summed E-state index contributed by atoms with van der Waals surface area (Å²) in [6, 6.07) is 65.5. The lowest BCUT2D eigenvalue weighted by Gasteiger charge is -2.26. The minimum Gasteiger partial charge on any atom is -0.477 e. The minimum absolute atomic E-state index is 0.417. The van der Waals surface area contributed by atoms with Crippen molar-refractivity contribution in [3.63, 3.8) is 0 Å². The zero-order valence-corrected chi connectivity index (χ0v) is 45.7. The molecular formula is C72H49N5O8. The molecule has 0 amide bonds. The van der Waals surface area contributed by atoms with Gasteiger partial charge in [0.05, 0.1) is 0 Å². The Hall–Kier alpha value is -12.4. The summed E-state index contributed by atoms with van der Waals surface area (Å²) in [4.78, 5) is 48.6. The summed E-state index contributed by atoms with van der Waals surface area (Å²) >= 11 is 0. The molecule has 4 N–H and O–H groups in total. The Balaban J connectivity index is 1.20. The number of nitrogens with zero attached hydrogens (tertiary/aromatic N) is 5. The average Bonchev–Trinajstić information content (AvgIpc) is 2.81. The molecule has 0 fully saturated rings. The maximum Gasteiger partial charge on any atom is 0.346 e. The lowest BCUT2D eigenvalue weighted by Crippen LogP contribution is -2.09. The lowest BCUT2D eigenvalue weighted by molar-refractivity contribution is -0.133. The number of hydrogen-bond donors (Lipinski definition) is 4. The number of carboxylic acids is 4. The van der Waals surface area contributed by atoms with Crippen LogP contribution in [0.2, 0.25) is 0 Å². The molecule has 0 aromatic heterocycles. The Morgan fingerprint density at radius 3 is 0.788 bits per heavy atom. The molecule has 13 nitrogen and oxygen atoms in total. The van der Waals surface area contributed by atoms with Gasteiger partial charge in [0.1, 0.15) is 46.6 Å². The molecule has 0 aliphatic heterocycles. The van der Waals surface area contributed by atoms with E-state index in [1.807, 2.05) is 121 Å². The highest BCUT2D eigenvalue weighted by Crippen LogP contribution is 2.37. The van der Waals surface area contributed by atoms with Gasteiger partial charge in [-0.1, -0.05) is 175 Å². The van der Waals surface area contributed by atoms with Crippen molar-refractivity contribution in [2.45, 2.75) is 13.8 Å². The first-order valence-electron chi connectivity index (χ1n) is 26.1. The fraction of sp³-hybridized carbons (Fsp3) is 0.0278. The van der Waals surface area contributed by atoms with Crippen molar-refractivity contribution in [2.24, 2.45) is 0 Å². The third kappa shape index (κ3) is 15.3. The minimum atomic E-state index is -1.34. The number of hydrogen-bond acceptors (Lipinski definition) is 9. The summed E-state index contributed by atoms with van der Waals surface area (Å²) < 4.78 is 0. The zero-order valence-electron chi connectivity index (χ0n) is 45.7. The van der Waals surface area contributed by atoms with E-state index in [-0.39, 0.29) is 0 Å². The van der Waals surface area contributed by atoms with Gasteiger partial charge in [-0.3, -0.25) is 0 Å². The molecule has 0 unspecified atom stereocenters. The average molecular weight is 1110 g/mol. The zero-order chi connectivity index (χ0) is 60.6. The van der Waals surface area contributed by atoms with E-state index in [4.69, 9.17) is 0 Å². The number of aliphatic carboxylic acids is 4. The van der Waals surface area contributed by atoms with Gasteiger partial charge in [-0.2, -0.15) is 21.0 Å². The number of benzene rings is 8. The maximum absolute atomic E-state index is 11.6. The largest absolute Gasteiger partial charge is 0.477 e. The van der Waals surface area contributed by atoms with E-state index in [1.165, 1.54) is 35.4 Å². The first kappa shape index (κ1) is 58.7. The third-order valence-electron chi connectivity index (χ3n) is 13.3. The summed E-state index contributed by atoms with van der Waals surface area (Å²) in [5.41, 5.74) is 13.4. The Morgan fingerprint density at radius 1 is 0.318 bits per heavy atom. The Labute approximate surface area is 490 Å². The molecule has 0 aliphatic rings. The fourth-order valence-corrected chi connectivity index (χ4v) is 9.19. The number of aryl methyl sites for hydroxylation is 2. The monoisotopic (exact) mass is 1110 g/mol. The number of carbonyl (C=O) groups is 4. The van der Waals surface area contributed by atoms with E-state index in [0.29, 0.717) is 22.3 Å². The maximum atomic E-state index is 11.6. The molecule has 8 rings (SSSR count). The molecule has 8 aromatic carbocycles. The van der Waals surface area contributed by atoms with Crippen LogP contribution in [0, 0.1) is 59.2 Å². The van der Waals surface area contributed by atoms with Crippen molar-refractivity contribution in [3.8, 4) is 24.3 Å².